The van der Waals surface area contributed by atoms with Crippen LogP contribution >= 0.6 is 0 Å². The van der Waals surface area contributed by atoms with Crippen LogP contribution in [0.4, 0.5) is 0 Å². The fourth-order valence-corrected chi connectivity index (χ4v) is 5.52. The summed E-state index contributed by atoms with van der Waals surface area (Å²) in [5.41, 5.74) is 1.70. The molecule has 8 aromatic rings. The second-order valence-electron chi connectivity index (χ2n) is 9.65. The molecular weight excluding hydrogens is 480 g/mol. The molecule has 8 aromatic carbocycles. The van der Waals surface area contributed by atoms with Crippen LogP contribution in [0.25, 0.3) is 76.5 Å². The SMILES string of the molecule is [2H]c1c([2H])c(-c2c3ccccc3c(-c3ccc4ccccc4c3)c3ccccc23)c([2H])c([2H])c1-c1c([2H])c([2H])c2c([2H])c([2H])c([2H])c([2H])c2c1[2H]. The van der Waals surface area contributed by atoms with Crippen molar-refractivity contribution in [2.24, 2.45) is 0 Å². The van der Waals surface area contributed by atoms with Crippen molar-refractivity contribution in [2.45, 2.75) is 0 Å². The average molecular weight is 518 g/mol. The quantitative estimate of drug-likeness (QED) is 0.204. The van der Waals surface area contributed by atoms with Gasteiger partial charge in [0.05, 0.1) is 15.1 Å². The minimum absolute atomic E-state index is 0.0399. The third-order valence-electron chi connectivity index (χ3n) is 7.34. The summed E-state index contributed by atoms with van der Waals surface area (Å²) in [6.45, 7) is 0. The molecule has 0 amide bonds. The molecule has 0 unspecified atom stereocenters. The van der Waals surface area contributed by atoms with E-state index in [1.807, 2.05) is 60.7 Å². The normalized spacial score (nSPS) is 15.3. The van der Waals surface area contributed by atoms with Gasteiger partial charge in [-0.05, 0) is 88.6 Å². The number of hydrogen-bond acceptors (Lipinski definition) is 0. The lowest BCUT2D eigenvalue weighted by Crippen LogP contribution is -1.91. The molecule has 0 spiro atoms. The predicted octanol–water partition coefficient (Wildman–Crippen LogP) is 11.3. The van der Waals surface area contributed by atoms with E-state index in [9.17, 15) is 5.48 Å². The van der Waals surface area contributed by atoms with Crippen LogP contribution in [0.3, 0.4) is 0 Å². The molecule has 0 N–H and O–H groups in total. The van der Waals surface area contributed by atoms with Gasteiger partial charge in [0.15, 0.2) is 0 Å². The summed E-state index contributed by atoms with van der Waals surface area (Å²) >= 11 is 0. The Balaban J connectivity index is 1.46. The van der Waals surface area contributed by atoms with Crippen LogP contribution in [-0.4, -0.2) is 0 Å². The highest BCUT2D eigenvalue weighted by Crippen LogP contribution is 2.44. The van der Waals surface area contributed by atoms with Gasteiger partial charge in [0, 0.05) is 0 Å². The van der Waals surface area contributed by atoms with Crippen LogP contribution in [0.1, 0.15) is 15.1 Å². The van der Waals surface area contributed by atoms with Crippen LogP contribution in [0.5, 0.6) is 0 Å². The van der Waals surface area contributed by atoms with Crippen molar-refractivity contribution in [1.29, 1.82) is 0 Å². The molecular formula is C40H26. The molecule has 186 valence electrons. The Kier molecular flexibility index (Phi) is 3.29. The highest BCUT2D eigenvalue weighted by Gasteiger charge is 2.16. The van der Waals surface area contributed by atoms with Gasteiger partial charge >= 0.3 is 0 Å². The van der Waals surface area contributed by atoms with Crippen molar-refractivity contribution in [2.75, 3.05) is 0 Å². The fraction of sp³-hybridized carbons (Fsp3) is 0. The van der Waals surface area contributed by atoms with Crippen molar-refractivity contribution in [3.63, 3.8) is 0 Å². The Hall–Kier alpha value is -5.20. The van der Waals surface area contributed by atoms with Crippen molar-refractivity contribution < 1.29 is 15.1 Å². The lowest BCUT2D eigenvalue weighted by atomic mass is 9.85. The van der Waals surface area contributed by atoms with Crippen LogP contribution in [0.2, 0.25) is 0 Å². The zero-order chi connectivity index (χ0) is 36.0. The first-order valence-corrected chi connectivity index (χ1v) is 13.0. The molecule has 40 heavy (non-hydrogen) atoms. The fourth-order valence-electron chi connectivity index (χ4n) is 5.52. The smallest absolute Gasteiger partial charge is 0.0616 e. The van der Waals surface area contributed by atoms with Crippen LogP contribution in [0.15, 0.2) is 157 Å². The second kappa shape index (κ2) is 9.22. The molecule has 0 heterocycles. The van der Waals surface area contributed by atoms with E-state index in [-0.39, 0.29) is 21.9 Å². The molecule has 8 rings (SSSR count). The van der Waals surface area contributed by atoms with Gasteiger partial charge in [0.2, 0.25) is 0 Å². The van der Waals surface area contributed by atoms with Crippen molar-refractivity contribution in [3.8, 4) is 33.4 Å². The van der Waals surface area contributed by atoms with Gasteiger partial charge in [0.1, 0.15) is 0 Å². The lowest BCUT2D eigenvalue weighted by molar-refractivity contribution is 1.63. The summed E-state index contributed by atoms with van der Waals surface area (Å²) in [6, 6.07) is 23.7. The Morgan fingerprint density at radius 2 is 0.875 bits per heavy atom. The first-order valence-electron chi connectivity index (χ1n) is 18.5. The summed E-state index contributed by atoms with van der Waals surface area (Å²) in [7, 11) is 0. The molecule has 0 aliphatic heterocycles. The van der Waals surface area contributed by atoms with Gasteiger partial charge in [-0.25, -0.2) is 0 Å². The van der Waals surface area contributed by atoms with Crippen molar-refractivity contribution in [3.05, 3.63) is 157 Å². The van der Waals surface area contributed by atoms with Gasteiger partial charge in [-0.2, -0.15) is 0 Å². The van der Waals surface area contributed by atoms with E-state index in [0.717, 1.165) is 32.7 Å². The minimum Gasteiger partial charge on any atom is -0.0616 e. The Labute approximate surface area is 249 Å². The highest BCUT2D eigenvalue weighted by atomic mass is 14.2. The molecule has 0 heteroatoms. The zero-order valence-corrected chi connectivity index (χ0v) is 21.2. The minimum atomic E-state index is -0.623. The molecule has 0 aliphatic carbocycles. The number of hydrogen-bond donors (Lipinski definition) is 0. The van der Waals surface area contributed by atoms with Gasteiger partial charge in [-0.1, -0.05) is 145 Å². The van der Waals surface area contributed by atoms with Crippen LogP contribution in [0, 0.1) is 0 Å². The lowest BCUT2D eigenvalue weighted by Gasteiger charge is -2.18. The van der Waals surface area contributed by atoms with E-state index in [1.165, 1.54) is 0 Å². The topological polar surface area (TPSA) is 0 Å². The number of rotatable bonds is 3. The third kappa shape index (κ3) is 3.69. The van der Waals surface area contributed by atoms with Gasteiger partial charge in [-0.15, -0.1) is 0 Å². The molecule has 0 radical (unpaired) electrons. The highest BCUT2D eigenvalue weighted by molar-refractivity contribution is 6.21. The first kappa shape index (κ1) is 14.3. The largest absolute Gasteiger partial charge is 0.0636 e. The van der Waals surface area contributed by atoms with Crippen molar-refractivity contribution >= 4 is 43.1 Å². The van der Waals surface area contributed by atoms with Crippen molar-refractivity contribution in [1.82, 2.24) is 0 Å². The standard InChI is InChI=1S/C40H26/c1-3-11-31-25-33(23-19-27(31)9-1)29-17-21-30(22-18-29)39-35-13-5-7-15-37(35)40(38-16-8-6-14-36(38)39)34-24-20-28-10-2-4-12-32(28)26-34/h1-26H/i1D,3D,9D,11D,17D,18D,19D,21D,22D,23D,25D. The van der Waals surface area contributed by atoms with E-state index >= 15 is 0 Å². The summed E-state index contributed by atoms with van der Waals surface area (Å²) in [6.07, 6.45) is 0. The van der Waals surface area contributed by atoms with E-state index < -0.39 is 72.0 Å². The maximum atomic E-state index is 9.33. The summed E-state index contributed by atoms with van der Waals surface area (Å²) in [4.78, 5) is 0. The van der Waals surface area contributed by atoms with Gasteiger partial charge < -0.3 is 0 Å². The maximum Gasteiger partial charge on any atom is 0.0636 e. The van der Waals surface area contributed by atoms with E-state index in [1.54, 1.807) is 0 Å². The Morgan fingerprint density at radius 3 is 1.55 bits per heavy atom. The van der Waals surface area contributed by atoms with Gasteiger partial charge in [0.25, 0.3) is 0 Å². The molecule has 0 aromatic heterocycles. The Bertz CT molecular complexity index is 2740. The summed E-state index contributed by atoms with van der Waals surface area (Å²) in [5.74, 6) is 0. The molecule has 0 fully saturated rings. The molecule has 0 nitrogen and oxygen atoms in total. The van der Waals surface area contributed by atoms with Crippen LogP contribution < -0.4 is 0 Å². The molecule has 0 atom stereocenters. The molecule has 0 saturated carbocycles. The number of benzene rings is 8. The maximum absolute atomic E-state index is 9.33. The molecule has 0 aliphatic rings. The molecule has 0 saturated heterocycles. The Morgan fingerprint density at radius 1 is 0.350 bits per heavy atom. The summed E-state index contributed by atoms with van der Waals surface area (Å²) in [5, 5.41) is 4.68. The molecule has 0 bridgehead atoms. The first-order chi connectivity index (χ1) is 24.4. The van der Waals surface area contributed by atoms with E-state index in [0.29, 0.717) is 16.3 Å². The second-order valence-corrected chi connectivity index (χ2v) is 9.65. The monoisotopic (exact) mass is 517 g/mol. The average Bonchev–Trinajstić information content (AvgIpc) is 3.14. The number of fused-ring (bicyclic) bond motifs is 4. The predicted molar refractivity (Wildman–Crippen MR) is 173 cm³/mol. The van der Waals surface area contributed by atoms with Crippen LogP contribution in [-0.2, 0) is 0 Å². The van der Waals surface area contributed by atoms with E-state index in [2.05, 4.69) is 30.3 Å². The third-order valence-corrected chi connectivity index (χ3v) is 7.34. The zero-order valence-electron chi connectivity index (χ0n) is 32.2. The summed E-state index contributed by atoms with van der Waals surface area (Å²) < 4.78 is 96.6. The van der Waals surface area contributed by atoms with E-state index in [4.69, 9.17) is 9.60 Å². The van der Waals surface area contributed by atoms with Gasteiger partial charge in [-0.3, -0.25) is 0 Å².